The summed E-state index contributed by atoms with van der Waals surface area (Å²) in [6, 6.07) is 4.20. The maximum absolute atomic E-state index is 5.28. The minimum absolute atomic E-state index is 0.433. The van der Waals surface area contributed by atoms with Crippen LogP contribution in [0.3, 0.4) is 0 Å². The minimum Gasteiger partial charge on any atom is -0.408 e. The van der Waals surface area contributed by atoms with E-state index in [4.69, 9.17) is 4.42 Å². The zero-order valence-corrected chi connectivity index (χ0v) is 9.89. The van der Waals surface area contributed by atoms with Gasteiger partial charge in [-0.05, 0) is 28.1 Å². The van der Waals surface area contributed by atoms with E-state index in [1.165, 1.54) is 0 Å². The van der Waals surface area contributed by atoms with Gasteiger partial charge in [0.05, 0.1) is 0 Å². The molecule has 0 aromatic carbocycles. The summed E-state index contributed by atoms with van der Waals surface area (Å²) in [5.41, 5.74) is 0. The van der Waals surface area contributed by atoms with Gasteiger partial charge in [0.1, 0.15) is 5.82 Å². The Hall–Kier alpha value is -1.43. The lowest BCUT2D eigenvalue weighted by Gasteiger charge is -2.11. The van der Waals surface area contributed by atoms with Gasteiger partial charge in [-0.15, -0.1) is 5.10 Å². The van der Waals surface area contributed by atoms with E-state index in [9.17, 15) is 0 Å². The summed E-state index contributed by atoms with van der Waals surface area (Å²) in [5, 5.41) is 7.66. The van der Waals surface area contributed by atoms with E-state index in [0.29, 0.717) is 11.9 Å². The Bertz CT molecular complexity index is 453. The average molecular weight is 269 g/mol. The van der Waals surface area contributed by atoms with E-state index in [1.54, 1.807) is 18.0 Å². The Morgan fingerprint density at radius 3 is 2.67 bits per heavy atom. The predicted octanol–water partition coefficient (Wildman–Crippen LogP) is 2.30. The molecule has 0 aliphatic rings. The molecule has 0 bridgehead atoms. The largest absolute Gasteiger partial charge is 0.408 e. The Morgan fingerprint density at radius 2 is 2.13 bits per heavy atom. The van der Waals surface area contributed by atoms with E-state index in [2.05, 4.69) is 31.1 Å². The fourth-order valence-electron chi connectivity index (χ4n) is 1.09. The molecule has 2 aromatic heterocycles. The highest BCUT2D eigenvalue weighted by molar-refractivity contribution is 9.10. The van der Waals surface area contributed by atoms with Crippen molar-refractivity contribution >= 4 is 27.8 Å². The molecule has 0 unspecified atom stereocenters. The molecule has 0 radical (unpaired) electrons. The Balaban J connectivity index is 2.28. The molecule has 0 saturated carbocycles. The smallest absolute Gasteiger partial charge is 0.323 e. The standard InChI is InChI=1S/C9H9BrN4O/c1-6-12-13-9(15-6)14(2)8-4-3-7(10)5-11-8/h3-5H,1-2H3. The second-order valence-corrected chi connectivity index (χ2v) is 3.91. The maximum atomic E-state index is 5.28. The molecule has 78 valence electrons. The first-order valence-corrected chi connectivity index (χ1v) is 5.11. The highest BCUT2D eigenvalue weighted by atomic mass is 79.9. The van der Waals surface area contributed by atoms with Gasteiger partial charge < -0.3 is 4.42 Å². The maximum Gasteiger partial charge on any atom is 0.323 e. The SMILES string of the molecule is Cc1nnc(N(C)c2ccc(Br)cn2)o1. The Morgan fingerprint density at radius 1 is 1.33 bits per heavy atom. The van der Waals surface area contributed by atoms with Crippen molar-refractivity contribution in [3.63, 3.8) is 0 Å². The van der Waals surface area contributed by atoms with E-state index in [-0.39, 0.29) is 0 Å². The van der Waals surface area contributed by atoms with Gasteiger partial charge in [-0.1, -0.05) is 5.10 Å². The Kier molecular flexibility index (Phi) is 2.68. The van der Waals surface area contributed by atoms with Crippen LogP contribution in [0, 0.1) is 6.92 Å². The van der Waals surface area contributed by atoms with E-state index < -0.39 is 0 Å². The van der Waals surface area contributed by atoms with Gasteiger partial charge in [-0.3, -0.25) is 4.90 Å². The number of hydrogen-bond acceptors (Lipinski definition) is 5. The summed E-state index contributed by atoms with van der Waals surface area (Å²) in [6.07, 6.45) is 1.72. The third kappa shape index (κ3) is 2.15. The lowest BCUT2D eigenvalue weighted by atomic mass is 10.4. The van der Waals surface area contributed by atoms with Crippen molar-refractivity contribution in [3.8, 4) is 0 Å². The fraction of sp³-hybridized carbons (Fsp3) is 0.222. The molecule has 0 aliphatic carbocycles. The molecule has 0 aliphatic heterocycles. The number of pyridine rings is 1. The van der Waals surface area contributed by atoms with Crippen LogP contribution in [0.15, 0.2) is 27.2 Å². The van der Waals surface area contributed by atoms with Crippen LogP contribution in [-0.4, -0.2) is 22.2 Å². The quantitative estimate of drug-likeness (QED) is 0.837. The molecular formula is C9H9BrN4O. The summed E-state index contributed by atoms with van der Waals surface area (Å²) in [7, 11) is 1.82. The third-order valence-electron chi connectivity index (χ3n) is 1.86. The molecule has 6 heteroatoms. The summed E-state index contributed by atoms with van der Waals surface area (Å²) < 4.78 is 6.21. The summed E-state index contributed by atoms with van der Waals surface area (Å²) >= 11 is 3.32. The molecule has 0 spiro atoms. The topological polar surface area (TPSA) is 55.1 Å². The average Bonchev–Trinajstić information content (AvgIpc) is 2.65. The minimum atomic E-state index is 0.433. The molecule has 2 rings (SSSR count). The number of aromatic nitrogens is 3. The lowest BCUT2D eigenvalue weighted by Crippen LogP contribution is -2.11. The monoisotopic (exact) mass is 268 g/mol. The number of hydrogen-bond donors (Lipinski definition) is 0. The first-order valence-electron chi connectivity index (χ1n) is 4.32. The first kappa shape index (κ1) is 10.1. The molecule has 15 heavy (non-hydrogen) atoms. The van der Waals surface area contributed by atoms with Crippen LogP contribution in [-0.2, 0) is 0 Å². The van der Waals surface area contributed by atoms with Crippen molar-refractivity contribution in [2.75, 3.05) is 11.9 Å². The van der Waals surface area contributed by atoms with Crippen LogP contribution in [0.25, 0.3) is 0 Å². The fourth-order valence-corrected chi connectivity index (χ4v) is 1.32. The predicted molar refractivity (Wildman–Crippen MR) is 59.0 cm³/mol. The molecule has 0 amide bonds. The molecular weight excluding hydrogens is 260 g/mol. The van der Waals surface area contributed by atoms with Crippen molar-refractivity contribution < 1.29 is 4.42 Å². The zero-order chi connectivity index (χ0) is 10.8. The molecule has 0 saturated heterocycles. The van der Waals surface area contributed by atoms with Gasteiger partial charge in [0.15, 0.2) is 0 Å². The highest BCUT2D eigenvalue weighted by Gasteiger charge is 2.11. The van der Waals surface area contributed by atoms with Crippen molar-refractivity contribution in [1.82, 2.24) is 15.2 Å². The number of aryl methyl sites for hydroxylation is 1. The van der Waals surface area contributed by atoms with Crippen LogP contribution in [0.2, 0.25) is 0 Å². The summed E-state index contributed by atoms with van der Waals surface area (Å²) in [5.74, 6) is 1.29. The number of halogens is 1. The van der Waals surface area contributed by atoms with Crippen molar-refractivity contribution in [3.05, 3.63) is 28.7 Å². The first-order chi connectivity index (χ1) is 7.16. The number of nitrogens with zero attached hydrogens (tertiary/aromatic N) is 4. The van der Waals surface area contributed by atoms with Gasteiger partial charge in [0.25, 0.3) is 0 Å². The van der Waals surface area contributed by atoms with Gasteiger partial charge in [-0.2, -0.15) is 0 Å². The molecule has 2 aromatic rings. The molecule has 0 atom stereocenters. The molecule has 2 heterocycles. The van der Waals surface area contributed by atoms with Crippen LogP contribution in [0.1, 0.15) is 5.89 Å². The van der Waals surface area contributed by atoms with Crippen molar-refractivity contribution in [2.45, 2.75) is 6.92 Å². The van der Waals surface area contributed by atoms with Crippen LogP contribution in [0.5, 0.6) is 0 Å². The van der Waals surface area contributed by atoms with Crippen molar-refractivity contribution in [2.24, 2.45) is 0 Å². The highest BCUT2D eigenvalue weighted by Crippen LogP contribution is 2.20. The van der Waals surface area contributed by atoms with E-state index in [1.807, 2.05) is 19.2 Å². The molecule has 5 nitrogen and oxygen atoms in total. The molecule has 0 N–H and O–H groups in total. The van der Waals surface area contributed by atoms with Crippen LogP contribution in [0.4, 0.5) is 11.8 Å². The van der Waals surface area contributed by atoms with Gasteiger partial charge >= 0.3 is 6.01 Å². The van der Waals surface area contributed by atoms with Gasteiger partial charge in [0.2, 0.25) is 5.89 Å². The second-order valence-electron chi connectivity index (χ2n) is 3.00. The Labute approximate surface area is 95.3 Å². The zero-order valence-electron chi connectivity index (χ0n) is 8.31. The molecule has 0 fully saturated rings. The van der Waals surface area contributed by atoms with Gasteiger partial charge in [0, 0.05) is 24.6 Å². The van der Waals surface area contributed by atoms with Crippen molar-refractivity contribution in [1.29, 1.82) is 0 Å². The third-order valence-corrected chi connectivity index (χ3v) is 2.33. The summed E-state index contributed by atoms with van der Waals surface area (Å²) in [4.78, 5) is 5.94. The van der Waals surface area contributed by atoms with Crippen LogP contribution < -0.4 is 4.90 Å². The number of anilines is 2. The second kappa shape index (κ2) is 3.98. The lowest BCUT2D eigenvalue weighted by molar-refractivity contribution is 0.522. The van der Waals surface area contributed by atoms with Gasteiger partial charge in [-0.25, -0.2) is 4.98 Å². The number of rotatable bonds is 2. The van der Waals surface area contributed by atoms with Crippen LogP contribution >= 0.6 is 15.9 Å². The van der Waals surface area contributed by atoms with E-state index in [0.717, 1.165) is 10.3 Å². The normalized spacial score (nSPS) is 10.3. The van der Waals surface area contributed by atoms with E-state index >= 15 is 0 Å². The summed E-state index contributed by atoms with van der Waals surface area (Å²) in [6.45, 7) is 1.75.